The van der Waals surface area contributed by atoms with Crippen molar-refractivity contribution in [3.8, 4) is 11.5 Å². The Balaban J connectivity index is 0.000000166. The van der Waals surface area contributed by atoms with Crippen molar-refractivity contribution in [1.29, 1.82) is 0 Å². The maximum atomic E-state index is 10.5. The van der Waals surface area contributed by atoms with Gasteiger partial charge in [0.05, 0.1) is 116 Å². The van der Waals surface area contributed by atoms with E-state index >= 15 is 0 Å². The number of methoxy groups -OCH3 is 2. The molecule has 8 aliphatic heterocycles. The fourth-order valence-corrected chi connectivity index (χ4v) is 13.8. The minimum absolute atomic E-state index is 0.000506. The fourth-order valence-electron chi connectivity index (χ4n) is 13.8. The Morgan fingerprint density at radius 2 is 0.620 bits per heavy atom. The summed E-state index contributed by atoms with van der Waals surface area (Å²) in [5.74, 6) is 1.57. The van der Waals surface area contributed by atoms with Gasteiger partial charge in [-0.15, -0.1) is 0 Å². The summed E-state index contributed by atoms with van der Waals surface area (Å²) in [5, 5.41) is 83.5. The van der Waals surface area contributed by atoms with Crippen LogP contribution in [0.3, 0.4) is 0 Å². The van der Waals surface area contributed by atoms with E-state index in [4.69, 9.17) is 85.3 Å². The predicted molar refractivity (Wildman–Crippen MR) is 395 cm³/mol. The zero-order chi connectivity index (χ0) is 77.2. The van der Waals surface area contributed by atoms with Gasteiger partial charge < -0.3 is 126 Å². The van der Waals surface area contributed by atoms with Gasteiger partial charge in [-0.05, 0) is 128 Å². The molecule has 0 spiro atoms. The first-order chi connectivity index (χ1) is 52.0. The van der Waals surface area contributed by atoms with Crippen molar-refractivity contribution >= 4 is 0 Å². The number of aliphatic hydroxyl groups excluding tert-OH is 8. The highest BCUT2D eigenvalue weighted by Crippen LogP contribution is 2.37. The van der Waals surface area contributed by atoms with Crippen LogP contribution in [0.4, 0.5) is 0 Å². The molecule has 604 valence electrons. The van der Waals surface area contributed by atoms with Gasteiger partial charge in [-0.25, -0.2) is 0 Å². The van der Waals surface area contributed by atoms with Crippen molar-refractivity contribution < 1.29 is 126 Å². The maximum Gasteiger partial charge on any atom is 0.158 e. The molecular formula is C82H120O26. The molecule has 8 heterocycles. The molecule has 26 nitrogen and oxygen atoms in total. The second kappa shape index (κ2) is 44.4. The summed E-state index contributed by atoms with van der Waals surface area (Å²) in [6.45, 7) is 17.7. The molecule has 4 aromatic rings. The van der Waals surface area contributed by atoms with E-state index in [-0.39, 0.29) is 100 Å². The van der Waals surface area contributed by atoms with E-state index in [2.05, 4.69) is 0 Å². The molecule has 6 fully saturated rings. The molecule has 8 N–H and O–H groups in total. The monoisotopic (exact) mass is 1520 g/mol. The van der Waals surface area contributed by atoms with Gasteiger partial charge in [0.1, 0.15) is 109 Å². The van der Waals surface area contributed by atoms with E-state index in [0.717, 1.165) is 59.4 Å². The summed E-state index contributed by atoms with van der Waals surface area (Å²) >= 11 is 0. The molecule has 0 aliphatic carbocycles. The molecule has 0 radical (unpaired) electrons. The standard InChI is InChI=1S/C21H32O8.C21H30O6.C20H30O7.C20H28O5/c1-12(2)27-17-9-8-16-21(29-17)19(24)18(23)20(28-16)15(22)11-26-10-13-4-6-14(25-3)7-5-13;1-14(2)25-21-11-10-19-20(27-21)9-8-18(26-19)17(22)13-24-12-15-4-6-16(23-3)7-5-15;1-12(2)25-16-9-8-15-20(27-16)18(23)17(22)19(26-15)14(21)11-24-10-13-6-4-3-5-7-13;1-14(2)23-20-11-10-18-19(25-20)9-8-17(24-18)16(21)13-22-12-15-6-4-3-5-7-15/h4-7,12,15-24H,8-11H2,1-3H3;4-9,14,17-22H,10-13H2,1-3H3;3-7,12,14-23H,8-11H2,1-2H3;3-9,14,16-21H,10-13H2,1-2H3/t15-,16-,17-,18-,19+,20-,21-;17-,18+,19-,20+,21-;14-,15-,16-,17-,18+,19-,20-;16-,17+,18-,19+,20-/m0000/s1. The predicted octanol–water partition coefficient (Wildman–Crippen LogP) is 7.62. The van der Waals surface area contributed by atoms with Crippen LogP contribution in [-0.2, 0) is 102 Å². The van der Waals surface area contributed by atoms with E-state index in [1.807, 2.05) is 189 Å². The SMILES string of the molecule is CC(C)O[C@@H]1CC[C@@H]2O[C@@H]([C@@H](O)COCc3ccccc3)C=C[C@H]2O1.CC(C)O[C@@H]1CC[C@@H]2O[C@@H]([C@@H](O)COCc3ccccc3)[C@@H](O)[C@@H](O)[C@H]2O1.COc1ccc(COC[C@H](O)[C@@H]2O[C@H]3CC[C@@H](OC(C)C)O[C@@H]3[C@H](O)[C@@H]2O)cc1.COc1ccc(COC[C@H](O)[C@H]2C=C[C@H]3O[C@H](OC(C)C)CC[C@@H]3O2)cc1. The van der Waals surface area contributed by atoms with Gasteiger partial charge in [-0.1, -0.05) is 109 Å². The first-order valence-electron chi connectivity index (χ1n) is 38.3. The lowest BCUT2D eigenvalue weighted by molar-refractivity contribution is -0.315. The third kappa shape index (κ3) is 27.1. The minimum atomic E-state index is -1.28. The maximum absolute atomic E-state index is 10.5. The summed E-state index contributed by atoms with van der Waals surface area (Å²) in [4.78, 5) is 0. The van der Waals surface area contributed by atoms with Crippen LogP contribution in [0.5, 0.6) is 11.5 Å². The lowest BCUT2D eigenvalue weighted by atomic mass is 9.89. The molecule has 0 bridgehead atoms. The molecule has 12 rings (SSSR count). The van der Waals surface area contributed by atoms with E-state index in [1.165, 1.54) is 0 Å². The van der Waals surface area contributed by atoms with Crippen LogP contribution in [0.25, 0.3) is 0 Å². The summed E-state index contributed by atoms with van der Waals surface area (Å²) in [6, 6.07) is 34.6. The molecule has 4 aromatic carbocycles. The van der Waals surface area contributed by atoms with Crippen molar-refractivity contribution in [1.82, 2.24) is 0 Å². The van der Waals surface area contributed by atoms with Gasteiger partial charge in [0.2, 0.25) is 0 Å². The summed E-state index contributed by atoms with van der Waals surface area (Å²) < 4.78 is 103. The Hall–Kier alpha value is -5.00. The molecular weight excluding hydrogens is 1400 g/mol. The van der Waals surface area contributed by atoms with Crippen LogP contribution in [0.15, 0.2) is 133 Å². The number of hydrogen-bond donors (Lipinski definition) is 8. The number of aliphatic hydroxyl groups is 8. The zero-order valence-corrected chi connectivity index (χ0v) is 64.1. The molecule has 6 saturated heterocycles. The Morgan fingerprint density at radius 1 is 0.324 bits per heavy atom. The van der Waals surface area contributed by atoms with Crippen LogP contribution in [0.2, 0.25) is 0 Å². The van der Waals surface area contributed by atoms with E-state index in [1.54, 1.807) is 14.2 Å². The number of ether oxygens (including phenoxy) is 18. The van der Waals surface area contributed by atoms with Crippen molar-refractivity contribution in [3.05, 3.63) is 156 Å². The highest BCUT2D eigenvalue weighted by Gasteiger charge is 2.52. The van der Waals surface area contributed by atoms with Crippen LogP contribution in [0, 0.1) is 0 Å². The van der Waals surface area contributed by atoms with Gasteiger partial charge in [-0.2, -0.15) is 0 Å². The Labute approximate surface area is 636 Å². The van der Waals surface area contributed by atoms with Gasteiger partial charge >= 0.3 is 0 Å². The quantitative estimate of drug-likeness (QED) is 0.0233. The van der Waals surface area contributed by atoms with Crippen LogP contribution in [-0.4, -0.2) is 253 Å². The minimum Gasteiger partial charge on any atom is -0.497 e. The second-order valence-electron chi connectivity index (χ2n) is 29.5. The molecule has 26 heteroatoms. The van der Waals surface area contributed by atoms with E-state index in [9.17, 15) is 40.9 Å². The van der Waals surface area contributed by atoms with Gasteiger partial charge in [-0.3, -0.25) is 0 Å². The van der Waals surface area contributed by atoms with Crippen molar-refractivity contribution in [3.63, 3.8) is 0 Å². The highest BCUT2D eigenvalue weighted by molar-refractivity contribution is 5.28. The van der Waals surface area contributed by atoms with Gasteiger partial charge in [0, 0.05) is 25.7 Å². The number of hydrogen-bond acceptors (Lipinski definition) is 26. The largest absolute Gasteiger partial charge is 0.497 e. The zero-order valence-electron chi connectivity index (χ0n) is 64.1. The number of rotatable bonds is 30. The van der Waals surface area contributed by atoms with Gasteiger partial charge in [0.25, 0.3) is 0 Å². The Morgan fingerprint density at radius 3 is 0.935 bits per heavy atom. The average Bonchev–Trinajstić information content (AvgIpc) is 0.792. The Bertz CT molecular complexity index is 3160. The molecule has 108 heavy (non-hydrogen) atoms. The smallest absolute Gasteiger partial charge is 0.158 e. The molecule has 0 amide bonds. The lowest BCUT2D eigenvalue weighted by Crippen LogP contribution is -2.64. The summed E-state index contributed by atoms with van der Waals surface area (Å²) in [5.41, 5.74) is 4.04. The Kier molecular flexibility index (Phi) is 35.8. The molecule has 8 aliphatic rings. The van der Waals surface area contributed by atoms with Crippen molar-refractivity contribution in [2.45, 2.75) is 305 Å². The van der Waals surface area contributed by atoms with Crippen LogP contribution in [0.1, 0.15) is 129 Å². The second-order valence-corrected chi connectivity index (χ2v) is 29.5. The molecule has 0 unspecified atom stereocenters. The third-order valence-electron chi connectivity index (χ3n) is 19.2. The first kappa shape index (κ1) is 87.0. The normalized spacial score (nSPS) is 31.9. The van der Waals surface area contributed by atoms with Crippen molar-refractivity contribution in [2.75, 3.05) is 40.6 Å². The first-order valence-corrected chi connectivity index (χ1v) is 38.3. The molecule has 24 atom stereocenters. The highest BCUT2D eigenvalue weighted by atomic mass is 16.7. The lowest BCUT2D eigenvalue weighted by Gasteiger charge is -2.47. The summed E-state index contributed by atoms with van der Waals surface area (Å²) in [6.07, 6.45) is -0.959. The number of fused-ring (bicyclic) bond motifs is 4. The van der Waals surface area contributed by atoms with Crippen LogP contribution < -0.4 is 9.47 Å². The van der Waals surface area contributed by atoms with E-state index < -0.39 is 98.0 Å². The molecule has 0 saturated carbocycles. The van der Waals surface area contributed by atoms with Gasteiger partial charge in [0.15, 0.2) is 25.2 Å². The summed E-state index contributed by atoms with van der Waals surface area (Å²) in [7, 11) is 3.24. The van der Waals surface area contributed by atoms with Crippen LogP contribution >= 0.6 is 0 Å². The topological polar surface area (TPSA) is 328 Å². The van der Waals surface area contributed by atoms with E-state index in [0.29, 0.717) is 52.1 Å². The fraction of sp³-hybridized carbons (Fsp3) is 0.659. The third-order valence-corrected chi connectivity index (χ3v) is 19.2. The average molecular weight is 1520 g/mol. The molecule has 0 aromatic heterocycles. The number of benzene rings is 4. The van der Waals surface area contributed by atoms with Crippen molar-refractivity contribution in [2.24, 2.45) is 0 Å².